The van der Waals surface area contributed by atoms with Gasteiger partial charge in [0.2, 0.25) is 0 Å². The first-order chi connectivity index (χ1) is 7.75. The SMILES string of the molecule is CC(C)Cn1nccc1NC1CCCSC1. The Morgan fingerprint density at radius 1 is 1.62 bits per heavy atom. The van der Waals surface area contributed by atoms with Crippen molar-refractivity contribution in [3.63, 3.8) is 0 Å². The molecule has 0 spiro atoms. The van der Waals surface area contributed by atoms with Crippen LogP contribution in [0.2, 0.25) is 0 Å². The lowest BCUT2D eigenvalue weighted by atomic mass is 10.2. The summed E-state index contributed by atoms with van der Waals surface area (Å²) in [6.45, 7) is 5.44. The summed E-state index contributed by atoms with van der Waals surface area (Å²) in [7, 11) is 0. The van der Waals surface area contributed by atoms with Crippen LogP contribution < -0.4 is 5.32 Å². The third-order valence-corrected chi connectivity index (χ3v) is 3.98. The Hall–Kier alpha value is -0.640. The number of anilines is 1. The zero-order valence-electron chi connectivity index (χ0n) is 10.1. The first-order valence-corrected chi connectivity index (χ1v) is 7.27. The number of hydrogen-bond acceptors (Lipinski definition) is 3. The standard InChI is InChI=1S/C12H21N3S/c1-10(2)8-15-12(5-6-13-15)14-11-4-3-7-16-9-11/h5-6,10-11,14H,3-4,7-9H2,1-2H3. The van der Waals surface area contributed by atoms with Crippen molar-refractivity contribution in [1.82, 2.24) is 9.78 Å². The molecule has 1 fully saturated rings. The molecule has 1 unspecified atom stereocenters. The number of nitrogens with one attached hydrogen (secondary N) is 1. The number of hydrogen-bond donors (Lipinski definition) is 1. The van der Waals surface area contributed by atoms with Gasteiger partial charge >= 0.3 is 0 Å². The van der Waals surface area contributed by atoms with Crippen LogP contribution in [0.1, 0.15) is 26.7 Å². The number of thioether (sulfide) groups is 1. The van der Waals surface area contributed by atoms with E-state index >= 15 is 0 Å². The van der Waals surface area contributed by atoms with Gasteiger partial charge in [-0.05, 0) is 24.5 Å². The Morgan fingerprint density at radius 2 is 2.50 bits per heavy atom. The van der Waals surface area contributed by atoms with Crippen LogP contribution >= 0.6 is 11.8 Å². The Balaban J connectivity index is 1.94. The quantitative estimate of drug-likeness (QED) is 0.876. The van der Waals surface area contributed by atoms with Crippen LogP contribution in [0.3, 0.4) is 0 Å². The van der Waals surface area contributed by atoms with Crippen LogP contribution in [-0.4, -0.2) is 27.3 Å². The van der Waals surface area contributed by atoms with Crippen LogP contribution in [0.4, 0.5) is 5.82 Å². The minimum absolute atomic E-state index is 0.626. The molecule has 0 bridgehead atoms. The van der Waals surface area contributed by atoms with E-state index in [1.165, 1.54) is 30.2 Å². The molecule has 0 aliphatic carbocycles. The van der Waals surface area contributed by atoms with E-state index in [0.29, 0.717) is 12.0 Å². The van der Waals surface area contributed by atoms with Gasteiger partial charge in [-0.2, -0.15) is 16.9 Å². The van der Waals surface area contributed by atoms with Crippen LogP contribution in [0.25, 0.3) is 0 Å². The molecule has 16 heavy (non-hydrogen) atoms. The highest BCUT2D eigenvalue weighted by Crippen LogP contribution is 2.21. The van der Waals surface area contributed by atoms with E-state index in [9.17, 15) is 0 Å². The van der Waals surface area contributed by atoms with E-state index < -0.39 is 0 Å². The summed E-state index contributed by atoms with van der Waals surface area (Å²) in [5.74, 6) is 4.37. The van der Waals surface area contributed by atoms with Gasteiger partial charge in [0.05, 0.1) is 6.20 Å². The van der Waals surface area contributed by atoms with E-state index in [1.54, 1.807) is 0 Å². The second-order valence-corrected chi connectivity index (χ2v) is 6.00. The van der Waals surface area contributed by atoms with Gasteiger partial charge in [0.1, 0.15) is 5.82 Å². The van der Waals surface area contributed by atoms with Crippen LogP contribution in [-0.2, 0) is 6.54 Å². The van der Waals surface area contributed by atoms with Gasteiger partial charge in [-0.15, -0.1) is 0 Å². The molecule has 3 nitrogen and oxygen atoms in total. The maximum absolute atomic E-state index is 4.37. The minimum Gasteiger partial charge on any atom is -0.367 e. The van der Waals surface area contributed by atoms with E-state index in [2.05, 4.69) is 46.8 Å². The Labute approximate surface area is 102 Å². The number of aromatic nitrogens is 2. The molecule has 2 rings (SSSR count). The van der Waals surface area contributed by atoms with Gasteiger partial charge in [0.25, 0.3) is 0 Å². The van der Waals surface area contributed by atoms with Crippen LogP contribution in [0, 0.1) is 5.92 Å². The normalized spacial score (nSPS) is 21.3. The maximum atomic E-state index is 4.37. The summed E-state index contributed by atoms with van der Waals surface area (Å²) in [6, 6.07) is 2.71. The van der Waals surface area contributed by atoms with Crippen molar-refractivity contribution >= 4 is 17.6 Å². The summed E-state index contributed by atoms with van der Waals surface area (Å²) in [6.07, 6.45) is 4.52. The molecule has 0 amide bonds. The lowest BCUT2D eigenvalue weighted by Crippen LogP contribution is -2.27. The van der Waals surface area contributed by atoms with Crippen molar-refractivity contribution in [1.29, 1.82) is 0 Å². The molecule has 4 heteroatoms. The zero-order chi connectivity index (χ0) is 11.4. The van der Waals surface area contributed by atoms with E-state index in [0.717, 1.165) is 6.54 Å². The first-order valence-electron chi connectivity index (χ1n) is 6.12. The molecule has 1 N–H and O–H groups in total. The van der Waals surface area contributed by atoms with Gasteiger partial charge in [-0.25, -0.2) is 4.68 Å². The fourth-order valence-corrected chi connectivity index (χ4v) is 3.08. The summed E-state index contributed by atoms with van der Waals surface area (Å²) in [5.41, 5.74) is 0. The number of rotatable bonds is 4. The molecular formula is C12H21N3S. The van der Waals surface area contributed by atoms with Crippen LogP contribution in [0.5, 0.6) is 0 Å². The summed E-state index contributed by atoms with van der Waals surface area (Å²) in [4.78, 5) is 0. The van der Waals surface area contributed by atoms with Crippen molar-refractivity contribution in [3.8, 4) is 0 Å². The van der Waals surface area contributed by atoms with Crippen molar-refractivity contribution in [3.05, 3.63) is 12.3 Å². The number of nitrogens with zero attached hydrogens (tertiary/aromatic N) is 2. The largest absolute Gasteiger partial charge is 0.367 e. The predicted molar refractivity (Wildman–Crippen MR) is 71.0 cm³/mol. The molecule has 1 aliphatic heterocycles. The Kier molecular flexibility index (Phi) is 4.16. The minimum atomic E-state index is 0.626. The summed E-state index contributed by atoms with van der Waals surface area (Å²) < 4.78 is 2.09. The lowest BCUT2D eigenvalue weighted by molar-refractivity contribution is 0.484. The first kappa shape index (κ1) is 11.8. The molecule has 90 valence electrons. The van der Waals surface area contributed by atoms with Crippen LogP contribution in [0.15, 0.2) is 12.3 Å². The molecular weight excluding hydrogens is 218 g/mol. The molecule has 1 aromatic rings. The molecule has 0 saturated carbocycles. The summed E-state index contributed by atoms with van der Waals surface area (Å²) >= 11 is 2.05. The molecule has 1 aromatic heterocycles. The molecule has 1 aliphatic rings. The van der Waals surface area contributed by atoms with Crippen molar-refractivity contribution in [2.75, 3.05) is 16.8 Å². The molecule has 0 radical (unpaired) electrons. The maximum Gasteiger partial charge on any atom is 0.124 e. The second-order valence-electron chi connectivity index (χ2n) is 4.85. The van der Waals surface area contributed by atoms with Crippen molar-refractivity contribution in [2.24, 2.45) is 5.92 Å². The van der Waals surface area contributed by atoms with E-state index in [1.807, 2.05) is 6.20 Å². The van der Waals surface area contributed by atoms with Gasteiger partial charge in [-0.3, -0.25) is 0 Å². The zero-order valence-corrected chi connectivity index (χ0v) is 11.0. The summed E-state index contributed by atoms with van der Waals surface area (Å²) in [5, 5.41) is 7.98. The van der Waals surface area contributed by atoms with Gasteiger partial charge < -0.3 is 5.32 Å². The Bertz CT molecular complexity index is 316. The average molecular weight is 239 g/mol. The molecule has 2 heterocycles. The van der Waals surface area contributed by atoms with Gasteiger partial charge in [0, 0.05) is 24.4 Å². The fourth-order valence-electron chi connectivity index (χ4n) is 2.01. The monoisotopic (exact) mass is 239 g/mol. The third-order valence-electron chi connectivity index (χ3n) is 2.77. The highest BCUT2D eigenvalue weighted by atomic mass is 32.2. The van der Waals surface area contributed by atoms with E-state index in [-0.39, 0.29) is 0 Å². The smallest absolute Gasteiger partial charge is 0.124 e. The van der Waals surface area contributed by atoms with Gasteiger partial charge in [-0.1, -0.05) is 13.8 Å². The average Bonchev–Trinajstić information content (AvgIpc) is 2.66. The van der Waals surface area contributed by atoms with Crippen molar-refractivity contribution in [2.45, 2.75) is 39.3 Å². The predicted octanol–water partition coefficient (Wildman–Crippen LogP) is 2.85. The van der Waals surface area contributed by atoms with Gasteiger partial charge in [0.15, 0.2) is 0 Å². The molecule has 0 aromatic carbocycles. The topological polar surface area (TPSA) is 29.9 Å². The highest BCUT2D eigenvalue weighted by molar-refractivity contribution is 7.99. The third kappa shape index (κ3) is 3.17. The van der Waals surface area contributed by atoms with Crippen molar-refractivity contribution < 1.29 is 0 Å². The lowest BCUT2D eigenvalue weighted by Gasteiger charge is -2.24. The fraction of sp³-hybridized carbons (Fsp3) is 0.750. The highest BCUT2D eigenvalue weighted by Gasteiger charge is 2.15. The van der Waals surface area contributed by atoms with E-state index in [4.69, 9.17) is 0 Å². The molecule has 1 saturated heterocycles. The Morgan fingerprint density at radius 3 is 3.19 bits per heavy atom. The molecule has 1 atom stereocenters. The second kappa shape index (κ2) is 5.62.